The van der Waals surface area contributed by atoms with E-state index < -0.39 is 0 Å². The molecule has 0 aliphatic heterocycles. The molecule has 2 aromatic carbocycles. The first-order valence-electron chi connectivity index (χ1n) is 7.36. The molecular formula is C18H21NO3. The molecule has 4 nitrogen and oxygen atoms in total. The summed E-state index contributed by atoms with van der Waals surface area (Å²) in [5.74, 6) is 1.07. The van der Waals surface area contributed by atoms with Gasteiger partial charge in [0.05, 0.1) is 6.61 Å². The van der Waals surface area contributed by atoms with Gasteiger partial charge in [-0.15, -0.1) is 0 Å². The van der Waals surface area contributed by atoms with E-state index >= 15 is 0 Å². The molecule has 0 aliphatic carbocycles. The van der Waals surface area contributed by atoms with Gasteiger partial charge in [-0.2, -0.15) is 0 Å². The van der Waals surface area contributed by atoms with Gasteiger partial charge >= 0.3 is 0 Å². The molecule has 1 N–H and O–H groups in total. The van der Waals surface area contributed by atoms with Crippen molar-refractivity contribution in [2.75, 3.05) is 13.2 Å². The van der Waals surface area contributed by atoms with Crippen molar-refractivity contribution < 1.29 is 14.3 Å². The van der Waals surface area contributed by atoms with Crippen molar-refractivity contribution in [2.24, 2.45) is 0 Å². The number of nitrogens with one attached hydrogen (secondary N) is 1. The summed E-state index contributed by atoms with van der Waals surface area (Å²) in [6.07, 6.45) is 0. The summed E-state index contributed by atoms with van der Waals surface area (Å²) in [5.41, 5.74) is 2.26. The monoisotopic (exact) mass is 299 g/mol. The number of para-hydroxylation sites is 2. The molecule has 0 bridgehead atoms. The van der Waals surface area contributed by atoms with Crippen LogP contribution in [0.15, 0.2) is 48.5 Å². The van der Waals surface area contributed by atoms with Crippen LogP contribution in [0.2, 0.25) is 0 Å². The average molecular weight is 299 g/mol. The normalized spacial score (nSPS) is 10.1. The zero-order valence-corrected chi connectivity index (χ0v) is 13.0. The number of carbonyl (C=O) groups is 1. The average Bonchev–Trinajstić information content (AvgIpc) is 2.53. The molecule has 0 saturated heterocycles. The minimum absolute atomic E-state index is 0.0318. The van der Waals surface area contributed by atoms with Crippen LogP contribution in [0.3, 0.4) is 0 Å². The van der Waals surface area contributed by atoms with E-state index in [1.807, 2.05) is 56.3 Å². The molecule has 0 unspecified atom stereocenters. The molecule has 0 atom stereocenters. The Kier molecular flexibility index (Phi) is 5.83. The first-order valence-corrected chi connectivity index (χ1v) is 7.36. The summed E-state index contributed by atoms with van der Waals surface area (Å²) in [6.45, 7) is 4.96. The Morgan fingerprint density at radius 1 is 1.00 bits per heavy atom. The van der Waals surface area contributed by atoms with Crippen molar-refractivity contribution >= 4 is 5.91 Å². The molecule has 0 heterocycles. The Morgan fingerprint density at radius 3 is 2.32 bits per heavy atom. The number of aryl methyl sites for hydroxylation is 1. The second-order valence-corrected chi connectivity index (χ2v) is 4.87. The number of rotatable bonds is 7. The highest BCUT2D eigenvalue weighted by atomic mass is 16.5. The second kappa shape index (κ2) is 8.08. The van der Waals surface area contributed by atoms with Crippen molar-refractivity contribution in [1.29, 1.82) is 0 Å². The Morgan fingerprint density at radius 2 is 1.64 bits per heavy atom. The maximum absolute atomic E-state index is 11.9. The number of hydrogen-bond acceptors (Lipinski definition) is 3. The molecule has 2 rings (SSSR count). The van der Waals surface area contributed by atoms with Crippen molar-refractivity contribution in [3.63, 3.8) is 0 Å². The molecule has 1 amide bonds. The minimum atomic E-state index is -0.158. The third-order valence-corrected chi connectivity index (χ3v) is 3.25. The molecule has 0 saturated carbocycles. The van der Waals surface area contributed by atoms with Crippen LogP contribution < -0.4 is 14.8 Å². The fourth-order valence-corrected chi connectivity index (χ4v) is 2.04. The number of carbonyl (C=O) groups excluding carboxylic acids is 1. The maximum Gasteiger partial charge on any atom is 0.258 e. The van der Waals surface area contributed by atoms with E-state index in [0.29, 0.717) is 24.7 Å². The summed E-state index contributed by atoms with van der Waals surface area (Å²) in [5, 5.41) is 2.86. The van der Waals surface area contributed by atoms with E-state index in [4.69, 9.17) is 9.47 Å². The van der Waals surface area contributed by atoms with E-state index in [1.165, 1.54) is 0 Å². The van der Waals surface area contributed by atoms with Gasteiger partial charge < -0.3 is 14.8 Å². The van der Waals surface area contributed by atoms with Crippen LogP contribution in [0, 0.1) is 6.92 Å². The van der Waals surface area contributed by atoms with Crippen LogP contribution in [0.4, 0.5) is 0 Å². The van der Waals surface area contributed by atoms with Gasteiger partial charge in [0, 0.05) is 6.54 Å². The molecule has 22 heavy (non-hydrogen) atoms. The van der Waals surface area contributed by atoms with Crippen LogP contribution in [0.25, 0.3) is 0 Å². The SMILES string of the molecule is CCOc1ccccc1OCC(=O)NCc1ccccc1C. The van der Waals surface area contributed by atoms with E-state index in [1.54, 1.807) is 6.07 Å². The first-order chi connectivity index (χ1) is 10.7. The lowest BCUT2D eigenvalue weighted by molar-refractivity contribution is -0.123. The van der Waals surface area contributed by atoms with E-state index in [2.05, 4.69) is 5.32 Å². The number of ether oxygens (including phenoxy) is 2. The van der Waals surface area contributed by atoms with Crippen LogP contribution >= 0.6 is 0 Å². The summed E-state index contributed by atoms with van der Waals surface area (Å²) < 4.78 is 11.0. The molecular weight excluding hydrogens is 278 g/mol. The van der Waals surface area contributed by atoms with Gasteiger partial charge in [-0.3, -0.25) is 4.79 Å². The predicted molar refractivity (Wildman–Crippen MR) is 86.1 cm³/mol. The van der Waals surface area contributed by atoms with Crippen LogP contribution in [-0.2, 0) is 11.3 Å². The summed E-state index contributed by atoms with van der Waals surface area (Å²) >= 11 is 0. The van der Waals surface area contributed by atoms with Gasteiger partial charge in [0.15, 0.2) is 18.1 Å². The van der Waals surface area contributed by atoms with Gasteiger partial charge in [0.1, 0.15) is 0 Å². The van der Waals surface area contributed by atoms with E-state index in [0.717, 1.165) is 11.1 Å². The number of amides is 1. The topological polar surface area (TPSA) is 47.6 Å². The molecule has 116 valence electrons. The van der Waals surface area contributed by atoms with Crippen molar-refractivity contribution in [3.05, 3.63) is 59.7 Å². The fourth-order valence-electron chi connectivity index (χ4n) is 2.04. The number of hydrogen-bond donors (Lipinski definition) is 1. The molecule has 0 spiro atoms. The third kappa shape index (κ3) is 4.52. The zero-order chi connectivity index (χ0) is 15.8. The molecule has 0 aliphatic rings. The van der Waals surface area contributed by atoms with Gasteiger partial charge in [-0.25, -0.2) is 0 Å². The Bertz CT molecular complexity index is 625. The minimum Gasteiger partial charge on any atom is -0.490 e. The van der Waals surface area contributed by atoms with Gasteiger partial charge in [0.2, 0.25) is 0 Å². The molecule has 2 aromatic rings. The Labute approximate surface area is 131 Å². The summed E-state index contributed by atoms with van der Waals surface area (Å²) in [7, 11) is 0. The quantitative estimate of drug-likeness (QED) is 0.854. The lowest BCUT2D eigenvalue weighted by atomic mass is 10.1. The van der Waals surface area contributed by atoms with Crippen LogP contribution in [0.1, 0.15) is 18.1 Å². The number of benzene rings is 2. The van der Waals surface area contributed by atoms with Crippen LogP contribution in [0.5, 0.6) is 11.5 Å². The largest absolute Gasteiger partial charge is 0.490 e. The maximum atomic E-state index is 11.9. The predicted octanol–water partition coefficient (Wildman–Crippen LogP) is 3.09. The third-order valence-electron chi connectivity index (χ3n) is 3.25. The van der Waals surface area contributed by atoms with E-state index in [9.17, 15) is 4.79 Å². The van der Waals surface area contributed by atoms with Crippen molar-refractivity contribution in [1.82, 2.24) is 5.32 Å². The molecule has 4 heteroatoms. The highest BCUT2D eigenvalue weighted by Crippen LogP contribution is 2.26. The van der Waals surface area contributed by atoms with Crippen LogP contribution in [-0.4, -0.2) is 19.1 Å². The highest BCUT2D eigenvalue weighted by molar-refractivity contribution is 5.77. The highest BCUT2D eigenvalue weighted by Gasteiger charge is 2.07. The first kappa shape index (κ1) is 15.9. The molecule has 0 fully saturated rings. The standard InChI is InChI=1S/C18H21NO3/c1-3-21-16-10-6-7-11-17(16)22-13-18(20)19-12-15-9-5-4-8-14(15)2/h4-11H,3,12-13H2,1-2H3,(H,19,20). The Hall–Kier alpha value is -2.49. The summed E-state index contributed by atoms with van der Waals surface area (Å²) in [4.78, 5) is 11.9. The molecule has 0 radical (unpaired) electrons. The van der Waals surface area contributed by atoms with Gasteiger partial charge in [0.25, 0.3) is 5.91 Å². The fraction of sp³-hybridized carbons (Fsp3) is 0.278. The second-order valence-electron chi connectivity index (χ2n) is 4.87. The molecule has 0 aromatic heterocycles. The van der Waals surface area contributed by atoms with Crippen molar-refractivity contribution in [2.45, 2.75) is 20.4 Å². The van der Waals surface area contributed by atoms with E-state index in [-0.39, 0.29) is 12.5 Å². The summed E-state index contributed by atoms with van der Waals surface area (Å²) in [6, 6.07) is 15.3. The lowest BCUT2D eigenvalue weighted by Crippen LogP contribution is -2.28. The van der Waals surface area contributed by atoms with Gasteiger partial charge in [-0.05, 0) is 37.1 Å². The Balaban J connectivity index is 1.84. The smallest absolute Gasteiger partial charge is 0.258 e. The van der Waals surface area contributed by atoms with Crippen molar-refractivity contribution in [3.8, 4) is 11.5 Å². The van der Waals surface area contributed by atoms with Gasteiger partial charge in [-0.1, -0.05) is 36.4 Å². The lowest BCUT2D eigenvalue weighted by Gasteiger charge is -2.12. The zero-order valence-electron chi connectivity index (χ0n) is 13.0.